The fraction of sp³-hybridized carbons (Fsp3) is 0.435. The van der Waals surface area contributed by atoms with E-state index in [9.17, 15) is 14.0 Å². The van der Waals surface area contributed by atoms with Crippen LogP contribution in [0.25, 0.3) is 0 Å². The number of hydrogen-bond donors (Lipinski definition) is 0. The summed E-state index contributed by atoms with van der Waals surface area (Å²) in [5.41, 5.74) is 1.22. The van der Waals surface area contributed by atoms with Gasteiger partial charge in [0.2, 0.25) is 5.88 Å². The number of anilines is 1. The van der Waals surface area contributed by atoms with Crippen LogP contribution < -0.4 is 14.4 Å². The zero-order chi connectivity index (χ0) is 22.0. The molecular weight excluding hydrogens is 403 g/mol. The van der Waals surface area contributed by atoms with Gasteiger partial charge in [0, 0.05) is 50.2 Å². The maximum Gasteiger partial charge on any atom is 0.268 e. The Hall–Kier alpha value is -3.00. The monoisotopic (exact) mass is 428 g/mol. The molecule has 8 heteroatoms. The lowest BCUT2D eigenvalue weighted by Gasteiger charge is -2.18. The van der Waals surface area contributed by atoms with Crippen LogP contribution in [-0.4, -0.2) is 49.1 Å². The number of amides is 1. The zero-order valence-corrected chi connectivity index (χ0v) is 17.6. The standard InChI is InChI=1S/C23H25FN2O5/c1-14(29-2)8-10-30-22-6-3-16(13-25-22)31-21-7-9-26(23(21)28)15-11-18-17(19(24)12-15)4-5-20(18)27/h3,6,11-14,21H,4-5,7-10H2,1-2H3/t14?,21-/m1/s1. The van der Waals surface area contributed by atoms with Crippen molar-refractivity contribution in [2.45, 2.75) is 44.8 Å². The van der Waals surface area contributed by atoms with Gasteiger partial charge in [-0.15, -0.1) is 0 Å². The van der Waals surface area contributed by atoms with E-state index in [-0.39, 0.29) is 17.8 Å². The Morgan fingerprint density at radius 3 is 2.84 bits per heavy atom. The molecule has 0 spiro atoms. The lowest BCUT2D eigenvalue weighted by molar-refractivity contribution is -0.122. The summed E-state index contributed by atoms with van der Waals surface area (Å²) in [5.74, 6) is 0.135. The van der Waals surface area contributed by atoms with Gasteiger partial charge in [-0.25, -0.2) is 9.37 Å². The first-order valence-corrected chi connectivity index (χ1v) is 10.4. The van der Waals surface area contributed by atoms with Crippen LogP contribution in [0.1, 0.15) is 42.1 Å². The minimum atomic E-state index is -0.692. The van der Waals surface area contributed by atoms with E-state index in [4.69, 9.17) is 14.2 Å². The Kier molecular flexibility index (Phi) is 6.18. The summed E-state index contributed by atoms with van der Waals surface area (Å²) in [4.78, 5) is 30.5. The molecule has 2 heterocycles. The number of halogens is 1. The van der Waals surface area contributed by atoms with Crippen molar-refractivity contribution in [3.63, 3.8) is 0 Å². The summed E-state index contributed by atoms with van der Waals surface area (Å²) in [5, 5.41) is 0. The second-order valence-electron chi connectivity index (χ2n) is 7.78. The molecule has 7 nitrogen and oxygen atoms in total. The van der Waals surface area contributed by atoms with Gasteiger partial charge in [-0.1, -0.05) is 0 Å². The minimum Gasteiger partial charge on any atom is -0.479 e. The van der Waals surface area contributed by atoms with Gasteiger partial charge in [0.25, 0.3) is 5.91 Å². The van der Waals surface area contributed by atoms with Crippen LogP contribution >= 0.6 is 0 Å². The summed E-state index contributed by atoms with van der Waals surface area (Å²) >= 11 is 0. The fourth-order valence-electron chi connectivity index (χ4n) is 3.81. The highest BCUT2D eigenvalue weighted by molar-refractivity contribution is 6.04. The number of nitrogens with zero attached hydrogens (tertiary/aromatic N) is 2. The number of carbonyl (C=O) groups excluding carboxylic acids is 2. The molecule has 1 aliphatic heterocycles. The normalized spacial score (nSPS) is 18.9. The number of carbonyl (C=O) groups is 2. The van der Waals surface area contributed by atoms with Crippen LogP contribution in [0.15, 0.2) is 30.5 Å². The van der Waals surface area contributed by atoms with E-state index in [0.717, 1.165) is 6.42 Å². The molecule has 2 aliphatic rings. The number of hydrogen-bond acceptors (Lipinski definition) is 6. The molecule has 1 aromatic carbocycles. The Balaban J connectivity index is 1.37. The highest BCUT2D eigenvalue weighted by atomic mass is 19.1. The van der Waals surface area contributed by atoms with E-state index in [1.807, 2.05) is 6.92 Å². The van der Waals surface area contributed by atoms with Crippen LogP contribution in [0, 0.1) is 5.82 Å². The van der Waals surface area contributed by atoms with Gasteiger partial charge >= 0.3 is 0 Å². The van der Waals surface area contributed by atoms with E-state index in [2.05, 4.69) is 4.98 Å². The molecule has 31 heavy (non-hydrogen) atoms. The lowest BCUT2D eigenvalue weighted by atomic mass is 10.1. The van der Waals surface area contributed by atoms with Crippen molar-refractivity contribution in [3.8, 4) is 11.6 Å². The van der Waals surface area contributed by atoms with E-state index < -0.39 is 11.9 Å². The SMILES string of the molecule is COC(C)CCOc1ccc(O[C@@H]2CCN(c3cc(F)c4c(c3)C(=O)CC4)C2=O)cn1. The molecule has 1 fully saturated rings. The van der Waals surface area contributed by atoms with Crippen LogP contribution in [-0.2, 0) is 16.0 Å². The number of pyridine rings is 1. The lowest BCUT2D eigenvalue weighted by Crippen LogP contribution is -2.32. The molecular formula is C23H25FN2O5. The van der Waals surface area contributed by atoms with Gasteiger partial charge < -0.3 is 19.1 Å². The van der Waals surface area contributed by atoms with E-state index in [1.165, 1.54) is 17.2 Å². The van der Waals surface area contributed by atoms with Crippen molar-refractivity contribution in [1.29, 1.82) is 0 Å². The van der Waals surface area contributed by atoms with E-state index in [1.54, 1.807) is 25.3 Å². The molecule has 0 saturated carbocycles. The van der Waals surface area contributed by atoms with Crippen LogP contribution in [0.5, 0.6) is 11.6 Å². The van der Waals surface area contributed by atoms with Crippen LogP contribution in [0.3, 0.4) is 0 Å². The predicted octanol–water partition coefficient (Wildman–Crippen LogP) is 3.34. The largest absolute Gasteiger partial charge is 0.479 e. The molecule has 0 radical (unpaired) electrons. The average Bonchev–Trinajstić information content (AvgIpc) is 3.32. The van der Waals surface area contributed by atoms with Gasteiger partial charge in [-0.05, 0) is 37.1 Å². The summed E-state index contributed by atoms with van der Waals surface area (Å²) in [6.45, 7) is 2.84. The maximum absolute atomic E-state index is 14.4. The number of methoxy groups -OCH3 is 1. The minimum absolute atomic E-state index is 0.0831. The highest BCUT2D eigenvalue weighted by Gasteiger charge is 2.36. The third kappa shape index (κ3) is 4.54. The third-order valence-electron chi connectivity index (χ3n) is 5.71. The molecule has 164 valence electrons. The van der Waals surface area contributed by atoms with Crippen molar-refractivity contribution in [2.24, 2.45) is 0 Å². The topological polar surface area (TPSA) is 78.0 Å². The molecule has 1 saturated heterocycles. The first-order chi connectivity index (χ1) is 15.0. The van der Waals surface area contributed by atoms with E-state index in [0.29, 0.717) is 60.9 Å². The smallest absolute Gasteiger partial charge is 0.268 e. The number of ketones is 1. The zero-order valence-electron chi connectivity index (χ0n) is 17.6. The molecule has 1 aliphatic carbocycles. The van der Waals surface area contributed by atoms with Gasteiger partial charge in [-0.2, -0.15) is 0 Å². The first-order valence-electron chi connectivity index (χ1n) is 10.4. The quantitative estimate of drug-likeness (QED) is 0.642. The van der Waals surface area contributed by atoms with E-state index >= 15 is 0 Å². The molecule has 1 amide bonds. The number of ether oxygens (including phenoxy) is 3. The highest BCUT2D eigenvalue weighted by Crippen LogP contribution is 2.32. The van der Waals surface area contributed by atoms with Crippen molar-refractivity contribution in [3.05, 3.63) is 47.4 Å². The number of aromatic nitrogens is 1. The third-order valence-corrected chi connectivity index (χ3v) is 5.71. The second kappa shape index (κ2) is 9.01. The maximum atomic E-state index is 14.4. The molecule has 4 rings (SSSR count). The van der Waals surface area contributed by atoms with Gasteiger partial charge in [0.1, 0.15) is 11.6 Å². The summed E-state index contributed by atoms with van der Waals surface area (Å²) < 4.78 is 30.9. The predicted molar refractivity (Wildman–Crippen MR) is 111 cm³/mol. The van der Waals surface area contributed by atoms with Gasteiger partial charge in [0.15, 0.2) is 11.9 Å². The second-order valence-corrected chi connectivity index (χ2v) is 7.78. The van der Waals surface area contributed by atoms with Gasteiger partial charge in [-0.3, -0.25) is 9.59 Å². The van der Waals surface area contributed by atoms with Crippen molar-refractivity contribution >= 4 is 17.4 Å². The Morgan fingerprint density at radius 1 is 1.26 bits per heavy atom. The number of rotatable bonds is 8. The van der Waals surface area contributed by atoms with Crippen molar-refractivity contribution in [2.75, 3.05) is 25.2 Å². The molecule has 0 bridgehead atoms. The molecule has 0 N–H and O–H groups in total. The van der Waals surface area contributed by atoms with Crippen molar-refractivity contribution in [1.82, 2.24) is 4.98 Å². The summed E-state index contributed by atoms with van der Waals surface area (Å²) in [6, 6.07) is 6.33. The summed E-state index contributed by atoms with van der Waals surface area (Å²) in [7, 11) is 1.65. The number of benzene rings is 1. The first kappa shape index (κ1) is 21.2. The Morgan fingerprint density at radius 2 is 2.10 bits per heavy atom. The van der Waals surface area contributed by atoms with Crippen molar-refractivity contribution < 1.29 is 28.2 Å². The molecule has 2 atom stereocenters. The fourth-order valence-corrected chi connectivity index (χ4v) is 3.81. The molecule has 1 unspecified atom stereocenters. The van der Waals surface area contributed by atoms with Crippen LogP contribution in [0.4, 0.5) is 10.1 Å². The number of fused-ring (bicyclic) bond motifs is 1. The molecule has 1 aromatic heterocycles. The Labute approximate surface area is 180 Å². The Bertz CT molecular complexity index is 979. The van der Waals surface area contributed by atoms with Gasteiger partial charge in [0.05, 0.1) is 18.9 Å². The summed E-state index contributed by atoms with van der Waals surface area (Å²) in [6.07, 6.45) is 2.86. The average molecular weight is 428 g/mol. The van der Waals surface area contributed by atoms with Crippen LogP contribution in [0.2, 0.25) is 0 Å². The molecule has 2 aromatic rings. The number of Topliss-reactive ketones (excluding diaryl/α,β-unsaturated/α-hetero) is 1.